The van der Waals surface area contributed by atoms with Crippen molar-refractivity contribution >= 4 is 23.4 Å². The van der Waals surface area contributed by atoms with Crippen LogP contribution >= 0.6 is 0 Å². The van der Waals surface area contributed by atoms with Gasteiger partial charge in [0, 0.05) is 32.2 Å². The predicted molar refractivity (Wildman–Crippen MR) is 96.2 cm³/mol. The van der Waals surface area contributed by atoms with Crippen molar-refractivity contribution in [2.75, 3.05) is 36.4 Å². The number of piperazine rings is 1. The number of rotatable bonds is 4. The van der Waals surface area contributed by atoms with Crippen LogP contribution in [-0.2, 0) is 0 Å². The second-order valence-corrected chi connectivity index (χ2v) is 6.53. The summed E-state index contributed by atoms with van der Waals surface area (Å²) in [5, 5.41) is 5.66. The van der Waals surface area contributed by atoms with Gasteiger partial charge in [-0.05, 0) is 37.1 Å². The molecule has 0 aromatic carbocycles. The van der Waals surface area contributed by atoms with E-state index in [-0.39, 0.29) is 11.9 Å². The van der Waals surface area contributed by atoms with Crippen molar-refractivity contribution < 1.29 is 14.0 Å². The van der Waals surface area contributed by atoms with E-state index in [1.807, 2.05) is 12.1 Å². The highest BCUT2D eigenvalue weighted by atomic mass is 16.3. The van der Waals surface area contributed by atoms with Crippen LogP contribution in [0.15, 0.2) is 41.1 Å². The average molecular weight is 355 g/mol. The molecule has 3 heterocycles. The van der Waals surface area contributed by atoms with Gasteiger partial charge in [0.2, 0.25) is 0 Å². The molecule has 2 aromatic rings. The molecule has 0 spiro atoms. The van der Waals surface area contributed by atoms with Gasteiger partial charge >= 0.3 is 6.03 Å². The first-order valence-electron chi connectivity index (χ1n) is 8.80. The van der Waals surface area contributed by atoms with Crippen molar-refractivity contribution in [1.82, 2.24) is 15.2 Å². The Bertz CT molecular complexity index is 763. The topological polar surface area (TPSA) is 90.7 Å². The maximum absolute atomic E-state index is 12.3. The molecule has 8 nitrogen and oxygen atoms in total. The first-order chi connectivity index (χ1) is 12.7. The summed E-state index contributed by atoms with van der Waals surface area (Å²) in [6.45, 7) is 2.64. The Hall–Kier alpha value is -3.03. The second-order valence-electron chi connectivity index (χ2n) is 6.53. The summed E-state index contributed by atoms with van der Waals surface area (Å²) in [5.41, 5.74) is 0.665. The summed E-state index contributed by atoms with van der Waals surface area (Å²) in [6.07, 6.45) is 5.27. The van der Waals surface area contributed by atoms with E-state index in [0.717, 1.165) is 18.7 Å². The zero-order chi connectivity index (χ0) is 17.9. The fraction of sp³-hybridized carbons (Fsp3) is 0.389. The number of carbonyl (C=O) groups excluding carboxylic acids is 2. The minimum absolute atomic E-state index is 0.0798. The summed E-state index contributed by atoms with van der Waals surface area (Å²) in [7, 11) is 0. The van der Waals surface area contributed by atoms with E-state index < -0.39 is 0 Å². The molecule has 26 heavy (non-hydrogen) atoms. The number of urea groups is 1. The van der Waals surface area contributed by atoms with Gasteiger partial charge in [0.05, 0.1) is 18.1 Å². The lowest BCUT2D eigenvalue weighted by Crippen LogP contribution is -2.49. The molecule has 0 radical (unpaired) electrons. The van der Waals surface area contributed by atoms with Crippen LogP contribution in [0.4, 0.5) is 16.3 Å². The SMILES string of the molecule is O=C(Nc1ccc(N2CCN(C(=O)c3ccco3)CC2)nc1)NC1CC1. The van der Waals surface area contributed by atoms with Gasteiger partial charge in [-0.3, -0.25) is 4.79 Å². The normalized spacial score (nSPS) is 17.1. The highest BCUT2D eigenvalue weighted by Crippen LogP contribution is 2.20. The molecule has 8 heteroatoms. The molecule has 2 aliphatic rings. The Balaban J connectivity index is 1.30. The monoisotopic (exact) mass is 355 g/mol. The first kappa shape index (κ1) is 16.4. The number of aromatic nitrogens is 1. The Labute approximate surface area is 151 Å². The number of nitrogens with one attached hydrogen (secondary N) is 2. The molecule has 1 saturated carbocycles. The number of carbonyl (C=O) groups is 2. The molecule has 1 saturated heterocycles. The summed E-state index contributed by atoms with van der Waals surface area (Å²) in [6, 6.07) is 7.26. The van der Waals surface area contributed by atoms with Gasteiger partial charge in [-0.25, -0.2) is 9.78 Å². The predicted octanol–water partition coefficient (Wildman–Crippen LogP) is 1.92. The fourth-order valence-electron chi connectivity index (χ4n) is 2.92. The molecule has 2 fully saturated rings. The van der Waals surface area contributed by atoms with Gasteiger partial charge in [-0.1, -0.05) is 0 Å². The lowest BCUT2D eigenvalue weighted by molar-refractivity contribution is 0.0714. The van der Waals surface area contributed by atoms with Crippen molar-refractivity contribution in [3.05, 3.63) is 42.5 Å². The third-order valence-corrected chi connectivity index (χ3v) is 4.54. The minimum atomic E-state index is -0.188. The highest BCUT2D eigenvalue weighted by molar-refractivity contribution is 5.91. The van der Waals surface area contributed by atoms with Gasteiger partial charge < -0.3 is 24.9 Å². The molecule has 2 N–H and O–H groups in total. The van der Waals surface area contributed by atoms with E-state index in [1.54, 1.807) is 23.2 Å². The van der Waals surface area contributed by atoms with Crippen molar-refractivity contribution in [3.63, 3.8) is 0 Å². The Morgan fingerprint density at radius 3 is 2.54 bits per heavy atom. The number of furan rings is 1. The third-order valence-electron chi connectivity index (χ3n) is 4.54. The zero-order valence-corrected chi connectivity index (χ0v) is 14.4. The van der Waals surface area contributed by atoms with E-state index in [1.165, 1.54) is 6.26 Å². The molecule has 1 aliphatic heterocycles. The van der Waals surface area contributed by atoms with Crippen LogP contribution in [-0.4, -0.2) is 54.0 Å². The van der Waals surface area contributed by atoms with Crippen LogP contribution in [0.25, 0.3) is 0 Å². The molecule has 136 valence electrons. The fourth-order valence-corrected chi connectivity index (χ4v) is 2.92. The first-order valence-corrected chi connectivity index (χ1v) is 8.80. The van der Waals surface area contributed by atoms with E-state index in [9.17, 15) is 9.59 Å². The smallest absolute Gasteiger partial charge is 0.319 e. The second kappa shape index (κ2) is 7.07. The molecule has 3 amide bonds. The zero-order valence-electron chi connectivity index (χ0n) is 14.4. The molecule has 0 atom stereocenters. The van der Waals surface area contributed by atoms with E-state index >= 15 is 0 Å². The van der Waals surface area contributed by atoms with Gasteiger partial charge in [0.25, 0.3) is 5.91 Å². The summed E-state index contributed by atoms with van der Waals surface area (Å²) >= 11 is 0. The third kappa shape index (κ3) is 3.79. The largest absolute Gasteiger partial charge is 0.459 e. The Morgan fingerprint density at radius 2 is 1.92 bits per heavy atom. The van der Waals surface area contributed by atoms with Crippen LogP contribution in [0.5, 0.6) is 0 Å². The number of nitrogens with zero attached hydrogens (tertiary/aromatic N) is 3. The number of hydrogen-bond acceptors (Lipinski definition) is 5. The minimum Gasteiger partial charge on any atom is -0.459 e. The quantitative estimate of drug-likeness (QED) is 0.874. The lowest BCUT2D eigenvalue weighted by Gasteiger charge is -2.35. The molecule has 1 aliphatic carbocycles. The van der Waals surface area contributed by atoms with E-state index in [0.29, 0.717) is 43.7 Å². The van der Waals surface area contributed by atoms with Crippen molar-refractivity contribution in [2.24, 2.45) is 0 Å². The number of hydrogen-bond donors (Lipinski definition) is 2. The number of anilines is 2. The van der Waals surface area contributed by atoms with Crippen LogP contribution in [0, 0.1) is 0 Å². The average Bonchev–Trinajstić information content (AvgIpc) is 3.30. The van der Waals surface area contributed by atoms with Crippen molar-refractivity contribution in [3.8, 4) is 0 Å². The van der Waals surface area contributed by atoms with E-state index in [2.05, 4.69) is 20.5 Å². The molecular formula is C18H21N5O3. The standard InChI is InChI=1S/C18H21N5O3/c24-17(15-2-1-11-26-15)23-9-7-22(8-10-23)16-6-5-14(12-19-16)21-18(25)20-13-3-4-13/h1-2,5-6,11-13H,3-4,7-10H2,(H2,20,21,25). The number of pyridine rings is 1. The van der Waals surface area contributed by atoms with Crippen LogP contribution in [0.2, 0.25) is 0 Å². The van der Waals surface area contributed by atoms with Gasteiger partial charge in [0.15, 0.2) is 5.76 Å². The molecule has 0 unspecified atom stereocenters. The van der Waals surface area contributed by atoms with Crippen molar-refractivity contribution in [1.29, 1.82) is 0 Å². The summed E-state index contributed by atoms with van der Waals surface area (Å²) in [5.74, 6) is 1.13. The van der Waals surface area contributed by atoms with Crippen molar-refractivity contribution in [2.45, 2.75) is 18.9 Å². The highest BCUT2D eigenvalue weighted by Gasteiger charge is 2.25. The van der Waals surface area contributed by atoms with Gasteiger partial charge in [0.1, 0.15) is 5.82 Å². The van der Waals surface area contributed by atoms with Gasteiger partial charge in [-0.2, -0.15) is 0 Å². The Morgan fingerprint density at radius 1 is 1.12 bits per heavy atom. The lowest BCUT2D eigenvalue weighted by atomic mass is 10.2. The summed E-state index contributed by atoms with van der Waals surface area (Å²) < 4.78 is 5.18. The Kier molecular flexibility index (Phi) is 4.47. The maximum Gasteiger partial charge on any atom is 0.319 e. The maximum atomic E-state index is 12.3. The van der Waals surface area contributed by atoms with Crippen LogP contribution in [0.3, 0.4) is 0 Å². The van der Waals surface area contributed by atoms with E-state index in [4.69, 9.17) is 4.42 Å². The molecule has 2 aromatic heterocycles. The number of amides is 3. The molecule has 0 bridgehead atoms. The molecule has 4 rings (SSSR count). The van der Waals surface area contributed by atoms with Crippen LogP contribution < -0.4 is 15.5 Å². The van der Waals surface area contributed by atoms with Crippen LogP contribution in [0.1, 0.15) is 23.4 Å². The molecular weight excluding hydrogens is 334 g/mol. The summed E-state index contributed by atoms with van der Waals surface area (Å²) in [4.78, 5) is 32.4. The van der Waals surface area contributed by atoms with Gasteiger partial charge in [-0.15, -0.1) is 0 Å².